The van der Waals surface area contributed by atoms with Gasteiger partial charge in [-0.05, 0) is 25.1 Å². The molecule has 1 fully saturated rings. The molecule has 0 spiro atoms. The number of hydrogen-bond donors (Lipinski definition) is 1. The number of nitrogens with two attached hydrogens (primary N) is 1. The molecular formula is C18H23N3O3. The summed E-state index contributed by atoms with van der Waals surface area (Å²) < 4.78 is 11.0. The van der Waals surface area contributed by atoms with Gasteiger partial charge in [0.25, 0.3) is 5.91 Å². The van der Waals surface area contributed by atoms with Gasteiger partial charge in [0.2, 0.25) is 0 Å². The summed E-state index contributed by atoms with van der Waals surface area (Å²) in [4.78, 5) is 16.6. The van der Waals surface area contributed by atoms with E-state index in [1.807, 2.05) is 30.0 Å². The van der Waals surface area contributed by atoms with Gasteiger partial charge >= 0.3 is 0 Å². The second-order valence-corrected chi connectivity index (χ2v) is 5.69. The van der Waals surface area contributed by atoms with Crippen molar-refractivity contribution in [3.8, 4) is 5.75 Å². The molecule has 6 heteroatoms. The predicted molar refractivity (Wildman–Crippen MR) is 92.3 cm³/mol. The third-order valence-corrected chi connectivity index (χ3v) is 4.17. The molecule has 0 aliphatic carbocycles. The molecule has 24 heavy (non-hydrogen) atoms. The molecule has 2 N–H and O–H groups in total. The van der Waals surface area contributed by atoms with E-state index in [0.717, 1.165) is 24.5 Å². The van der Waals surface area contributed by atoms with Gasteiger partial charge in [0.1, 0.15) is 17.8 Å². The summed E-state index contributed by atoms with van der Waals surface area (Å²) in [5, 5.41) is 0. The van der Waals surface area contributed by atoms with Crippen molar-refractivity contribution in [3.05, 3.63) is 47.9 Å². The van der Waals surface area contributed by atoms with Crippen LogP contribution in [0.1, 0.15) is 23.0 Å². The number of rotatable bonds is 5. The fourth-order valence-electron chi connectivity index (χ4n) is 2.93. The normalized spacial score (nSPS) is 14.8. The Morgan fingerprint density at radius 2 is 2.00 bits per heavy atom. The average molecular weight is 329 g/mol. The smallest absolute Gasteiger partial charge is 0.257 e. The van der Waals surface area contributed by atoms with Crippen molar-refractivity contribution < 1.29 is 13.9 Å². The molecule has 1 aromatic carbocycles. The molecule has 0 saturated carbocycles. The van der Waals surface area contributed by atoms with E-state index in [-0.39, 0.29) is 5.91 Å². The van der Waals surface area contributed by atoms with Crippen LogP contribution < -0.4 is 15.4 Å². The lowest BCUT2D eigenvalue weighted by atomic mass is 10.2. The number of anilines is 1. The van der Waals surface area contributed by atoms with Gasteiger partial charge < -0.3 is 24.7 Å². The van der Waals surface area contributed by atoms with Crippen LogP contribution in [0.4, 0.5) is 5.69 Å². The fraction of sp³-hybridized carbons (Fsp3) is 0.389. The summed E-state index contributed by atoms with van der Waals surface area (Å²) in [5.41, 5.74) is 7.18. The predicted octanol–water partition coefficient (Wildman–Crippen LogP) is 2.10. The zero-order chi connectivity index (χ0) is 16.9. The number of para-hydroxylation sites is 2. The van der Waals surface area contributed by atoms with Crippen LogP contribution in [-0.4, -0.2) is 43.6 Å². The number of furan rings is 1. The molecule has 128 valence electrons. The zero-order valence-corrected chi connectivity index (χ0v) is 13.9. The Bertz CT molecular complexity index is 690. The molecule has 1 aliphatic rings. The highest BCUT2D eigenvalue weighted by Gasteiger charge is 2.24. The van der Waals surface area contributed by atoms with Gasteiger partial charge in [-0.25, -0.2) is 0 Å². The van der Waals surface area contributed by atoms with Crippen LogP contribution in [0.5, 0.6) is 5.75 Å². The van der Waals surface area contributed by atoms with Crippen molar-refractivity contribution in [3.63, 3.8) is 0 Å². The number of piperazine rings is 1. The Hall–Kier alpha value is -2.47. The van der Waals surface area contributed by atoms with Gasteiger partial charge in [0.15, 0.2) is 0 Å². The number of amides is 1. The molecule has 0 atom stereocenters. The first-order valence-electron chi connectivity index (χ1n) is 8.26. The molecule has 1 aromatic heterocycles. The summed E-state index contributed by atoms with van der Waals surface area (Å²) in [7, 11) is 0. The third-order valence-electron chi connectivity index (χ3n) is 4.17. The summed E-state index contributed by atoms with van der Waals surface area (Å²) in [6.07, 6.45) is 1.49. The van der Waals surface area contributed by atoms with Crippen LogP contribution in [0, 0.1) is 0 Å². The first-order valence-corrected chi connectivity index (χ1v) is 8.26. The Kier molecular flexibility index (Phi) is 5.05. The van der Waals surface area contributed by atoms with E-state index in [0.29, 0.717) is 37.6 Å². The topological polar surface area (TPSA) is 71.9 Å². The van der Waals surface area contributed by atoms with Gasteiger partial charge in [-0.2, -0.15) is 0 Å². The molecule has 0 bridgehead atoms. The fourth-order valence-corrected chi connectivity index (χ4v) is 2.93. The Balaban J connectivity index is 1.64. The van der Waals surface area contributed by atoms with Crippen molar-refractivity contribution in [1.29, 1.82) is 0 Å². The quantitative estimate of drug-likeness (QED) is 0.909. The first-order chi connectivity index (χ1) is 11.7. The van der Waals surface area contributed by atoms with Gasteiger partial charge in [0, 0.05) is 26.2 Å². The van der Waals surface area contributed by atoms with Crippen LogP contribution >= 0.6 is 0 Å². The minimum atomic E-state index is -0.00352. The van der Waals surface area contributed by atoms with Gasteiger partial charge in [-0.1, -0.05) is 12.1 Å². The lowest BCUT2D eigenvalue weighted by molar-refractivity contribution is 0.0746. The first kappa shape index (κ1) is 16.4. The van der Waals surface area contributed by atoms with Crippen molar-refractivity contribution in [1.82, 2.24) is 4.90 Å². The van der Waals surface area contributed by atoms with Crippen LogP contribution in [-0.2, 0) is 6.54 Å². The highest BCUT2D eigenvalue weighted by atomic mass is 16.5. The van der Waals surface area contributed by atoms with E-state index in [9.17, 15) is 4.79 Å². The highest BCUT2D eigenvalue weighted by molar-refractivity contribution is 5.94. The number of ether oxygens (including phenoxy) is 1. The number of carbonyl (C=O) groups is 1. The van der Waals surface area contributed by atoms with E-state index in [4.69, 9.17) is 14.9 Å². The summed E-state index contributed by atoms with van der Waals surface area (Å²) in [5.74, 6) is 1.51. The molecule has 1 aliphatic heterocycles. The molecule has 0 radical (unpaired) electrons. The van der Waals surface area contributed by atoms with Crippen molar-refractivity contribution in [2.45, 2.75) is 13.5 Å². The van der Waals surface area contributed by atoms with E-state index in [2.05, 4.69) is 11.0 Å². The molecule has 3 rings (SSSR count). The highest BCUT2D eigenvalue weighted by Crippen LogP contribution is 2.29. The third kappa shape index (κ3) is 3.38. The minimum absolute atomic E-state index is 0.00352. The van der Waals surface area contributed by atoms with Crippen molar-refractivity contribution in [2.24, 2.45) is 5.73 Å². The van der Waals surface area contributed by atoms with Gasteiger partial charge in [-0.15, -0.1) is 0 Å². The average Bonchev–Trinajstić information content (AvgIpc) is 3.11. The summed E-state index contributed by atoms with van der Waals surface area (Å²) in [6.45, 7) is 5.81. The van der Waals surface area contributed by atoms with E-state index in [1.54, 1.807) is 6.07 Å². The molecule has 1 saturated heterocycles. The number of carbonyl (C=O) groups excluding carboxylic acids is 1. The largest absolute Gasteiger partial charge is 0.492 e. The molecule has 1 amide bonds. The maximum atomic E-state index is 12.5. The number of benzene rings is 1. The zero-order valence-electron chi connectivity index (χ0n) is 13.9. The van der Waals surface area contributed by atoms with E-state index in [1.165, 1.54) is 6.26 Å². The maximum Gasteiger partial charge on any atom is 0.257 e. The number of hydrogen-bond acceptors (Lipinski definition) is 5. The van der Waals surface area contributed by atoms with E-state index >= 15 is 0 Å². The standard InChI is InChI=1S/C18H23N3O3/c1-2-23-17-6-4-3-5-16(17)20-7-9-21(10-8-20)18(22)14-11-15(12-19)24-13-14/h3-6,11,13H,2,7-10,12,19H2,1H3. The summed E-state index contributed by atoms with van der Waals surface area (Å²) >= 11 is 0. The molecular weight excluding hydrogens is 306 g/mol. The van der Waals surface area contributed by atoms with Crippen molar-refractivity contribution in [2.75, 3.05) is 37.7 Å². The van der Waals surface area contributed by atoms with Gasteiger partial charge in [-0.3, -0.25) is 4.79 Å². The monoisotopic (exact) mass is 329 g/mol. The Morgan fingerprint density at radius 1 is 1.25 bits per heavy atom. The Labute approximate surface area is 141 Å². The number of nitrogens with zero attached hydrogens (tertiary/aromatic N) is 2. The maximum absolute atomic E-state index is 12.5. The molecule has 6 nitrogen and oxygen atoms in total. The second kappa shape index (κ2) is 7.40. The second-order valence-electron chi connectivity index (χ2n) is 5.69. The molecule has 2 heterocycles. The van der Waals surface area contributed by atoms with Crippen LogP contribution in [0.15, 0.2) is 41.0 Å². The lowest BCUT2D eigenvalue weighted by Crippen LogP contribution is -2.48. The van der Waals surface area contributed by atoms with E-state index < -0.39 is 0 Å². The molecule has 0 unspecified atom stereocenters. The van der Waals surface area contributed by atoms with Crippen LogP contribution in [0.2, 0.25) is 0 Å². The summed E-state index contributed by atoms with van der Waals surface area (Å²) in [6, 6.07) is 9.75. The Morgan fingerprint density at radius 3 is 2.67 bits per heavy atom. The SMILES string of the molecule is CCOc1ccccc1N1CCN(C(=O)c2coc(CN)c2)CC1. The minimum Gasteiger partial charge on any atom is -0.492 e. The van der Waals surface area contributed by atoms with Crippen LogP contribution in [0.25, 0.3) is 0 Å². The lowest BCUT2D eigenvalue weighted by Gasteiger charge is -2.36. The van der Waals surface area contributed by atoms with Crippen molar-refractivity contribution >= 4 is 11.6 Å². The molecule has 2 aromatic rings. The van der Waals surface area contributed by atoms with Crippen LogP contribution in [0.3, 0.4) is 0 Å². The van der Waals surface area contributed by atoms with Gasteiger partial charge in [0.05, 0.1) is 24.4 Å².